The fourth-order valence-electron chi connectivity index (χ4n) is 4.82. The van der Waals surface area contributed by atoms with Crippen LogP contribution in [0.4, 0.5) is 0 Å². The smallest absolute Gasteiger partial charge is 0.331 e. The van der Waals surface area contributed by atoms with Crippen molar-refractivity contribution in [1.29, 1.82) is 0 Å². The summed E-state index contributed by atoms with van der Waals surface area (Å²) in [6.07, 6.45) is 6.45. The van der Waals surface area contributed by atoms with E-state index in [0.717, 1.165) is 42.2 Å². The minimum absolute atomic E-state index is 0.0194. The molecule has 1 aromatic heterocycles. The Kier molecular flexibility index (Phi) is 5.52. The van der Waals surface area contributed by atoms with Crippen molar-refractivity contribution in [2.45, 2.75) is 57.3 Å². The van der Waals surface area contributed by atoms with Crippen LogP contribution in [-0.4, -0.2) is 26.0 Å². The average molecular weight is 430 g/mol. The van der Waals surface area contributed by atoms with Crippen molar-refractivity contribution < 1.29 is 4.79 Å². The third-order valence-corrected chi connectivity index (χ3v) is 6.53. The van der Waals surface area contributed by atoms with Crippen molar-refractivity contribution in [3.8, 4) is 0 Å². The molecule has 2 aliphatic carbocycles. The number of rotatable bonds is 6. The number of nitrogens with zero attached hydrogens (tertiary/aromatic N) is 3. The fourth-order valence-corrected chi connectivity index (χ4v) is 4.82. The zero-order valence-electron chi connectivity index (χ0n) is 18.0. The molecule has 2 aliphatic rings. The van der Waals surface area contributed by atoms with E-state index in [1.807, 2.05) is 47.4 Å². The molecule has 1 unspecified atom stereocenters. The molecule has 164 valence electrons. The van der Waals surface area contributed by atoms with Gasteiger partial charge in [0.1, 0.15) is 6.54 Å². The lowest BCUT2D eigenvalue weighted by atomic mass is 9.86. The molecule has 0 radical (unpaired) electrons. The van der Waals surface area contributed by atoms with Gasteiger partial charge in [-0.3, -0.25) is 18.7 Å². The lowest BCUT2D eigenvalue weighted by Gasteiger charge is -2.36. The molecule has 6 heteroatoms. The van der Waals surface area contributed by atoms with Gasteiger partial charge in [0.15, 0.2) is 0 Å². The second-order valence-electron chi connectivity index (χ2n) is 8.78. The number of amides is 1. The Bertz CT molecular complexity index is 1240. The first-order valence-corrected chi connectivity index (χ1v) is 11.3. The normalized spacial score (nSPS) is 17.6. The van der Waals surface area contributed by atoms with E-state index in [1.54, 1.807) is 0 Å². The van der Waals surface area contributed by atoms with Crippen molar-refractivity contribution in [3.05, 3.63) is 104 Å². The second kappa shape index (κ2) is 8.61. The summed E-state index contributed by atoms with van der Waals surface area (Å²) in [4.78, 5) is 41.1. The molecule has 1 amide bonds. The number of aromatic nitrogens is 2. The largest absolute Gasteiger partial charge is 0.331 e. The van der Waals surface area contributed by atoms with E-state index in [-0.39, 0.29) is 24.5 Å². The van der Waals surface area contributed by atoms with Crippen LogP contribution in [-0.2, 0) is 24.3 Å². The van der Waals surface area contributed by atoms with Gasteiger partial charge in [-0.25, -0.2) is 4.79 Å². The predicted molar refractivity (Wildman–Crippen MR) is 122 cm³/mol. The number of hydrogen-bond acceptors (Lipinski definition) is 3. The van der Waals surface area contributed by atoms with Crippen LogP contribution < -0.4 is 11.2 Å². The summed E-state index contributed by atoms with van der Waals surface area (Å²) < 4.78 is 2.57. The lowest BCUT2D eigenvalue weighted by Crippen LogP contribution is -2.46. The third-order valence-electron chi connectivity index (χ3n) is 6.53. The average Bonchev–Trinajstić information content (AvgIpc) is 3.65. The summed E-state index contributed by atoms with van der Waals surface area (Å²) in [5, 5.41) is 0. The summed E-state index contributed by atoms with van der Waals surface area (Å²) in [7, 11) is 0. The number of fused-ring (bicyclic) bond motifs is 1. The quantitative estimate of drug-likeness (QED) is 0.605. The molecule has 3 aromatic rings. The van der Waals surface area contributed by atoms with Crippen LogP contribution in [0.3, 0.4) is 0 Å². The zero-order valence-corrected chi connectivity index (χ0v) is 18.0. The van der Waals surface area contributed by atoms with Crippen molar-refractivity contribution >= 4 is 5.91 Å². The molecule has 0 bridgehead atoms. The molecular formula is C26H27N3O3. The molecule has 1 fully saturated rings. The maximum atomic E-state index is 13.5. The number of aryl methyl sites for hydroxylation is 1. The van der Waals surface area contributed by atoms with Gasteiger partial charge in [-0.05, 0) is 48.8 Å². The molecule has 1 saturated carbocycles. The van der Waals surface area contributed by atoms with E-state index in [4.69, 9.17) is 0 Å². The molecule has 0 spiro atoms. The first-order valence-electron chi connectivity index (χ1n) is 11.3. The van der Waals surface area contributed by atoms with Crippen LogP contribution in [0, 0.1) is 0 Å². The molecule has 5 rings (SSSR count). The van der Waals surface area contributed by atoms with Gasteiger partial charge in [0, 0.05) is 18.3 Å². The second-order valence-corrected chi connectivity index (χ2v) is 8.78. The van der Waals surface area contributed by atoms with Gasteiger partial charge in [0.2, 0.25) is 5.91 Å². The first-order chi connectivity index (χ1) is 15.6. The van der Waals surface area contributed by atoms with Crippen molar-refractivity contribution in [2.75, 3.05) is 0 Å². The molecular weight excluding hydrogens is 402 g/mol. The molecule has 0 saturated heterocycles. The Balaban J connectivity index is 1.43. The van der Waals surface area contributed by atoms with E-state index < -0.39 is 11.2 Å². The summed E-state index contributed by atoms with van der Waals surface area (Å²) in [6, 6.07) is 19.5. The summed E-state index contributed by atoms with van der Waals surface area (Å²) >= 11 is 0. The highest BCUT2D eigenvalue weighted by molar-refractivity contribution is 5.77. The maximum absolute atomic E-state index is 13.5. The van der Waals surface area contributed by atoms with Gasteiger partial charge in [-0.15, -0.1) is 0 Å². The van der Waals surface area contributed by atoms with E-state index in [1.165, 1.54) is 28.0 Å². The van der Waals surface area contributed by atoms with Crippen LogP contribution in [0.5, 0.6) is 0 Å². The van der Waals surface area contributed by atoms with Crippen molar-refractivity contribution in [2.24, 2.45) is 0 Å². The molecule has 32 heavy (non-hydrogen) atoms. The number of carbonyl (C=O) groups excluding carboxylic acids is 1. The summed E-state index contributed by atoms with van der Waals surface area (Å²) in [6.45, 7) is 0.138. The van der Waals surface area contributed by atoms with Crippen LogP contribution in [0.1, 0.15) is 48.4 Å². The minimum Gasteiger partial charge on any atom is -0.331 e. The maximum Gasteiger partial charge on any atom is 0.331 e. The van der Waals surface area contributed by atoms with Crippen LogP contribution in [0.25, 0.3) is 0 Å². The molecule has 0 N–H and O–H groups in total. The zero-order chi connectivity index (χ0) is 22.1. The van der Waals surface area contributed by atoms with Gasteiger partial charge in [0.25, 0.3) is 5.56 Å². The summed E-state index contributed by atoms with van der Waals surface area (Å²) in [5.41, 5.74) is 2.58. The highest BCUT2D eigenvalue weighted by Gasteiger charge is 2.39. The van der Waals surface area contributed by atoms with E-state index >= 15 is 0 Å². The molecule has 1 atom stereocenters. The minimum atomic E-state index is -0.450. The Labute approximate surface area is 186 Å². The monoisotopic (exact) mass is 429 g/mol. The highest BCUT2D eigenvalue weighted by Crippen LogP contribution is 2.40. The topological polar surface area (TPSA) is 64.3 Å². The Morgan fingerprint density at radius 3 is 2.47 bits per heavy atom. The van der Waals surface area contributed by atoms with Gasteiger partial charge in [-0.1, -0.05) is 54.6 Å². The lowest BCUT2D eigenvalue weighted by molar-refractivity contribution is -0.135. The highest BCUT2D eigenvalue weighted by atomic mass is 16.2. The van der Waals surface area contributed by atoms with Gasteiger partial charge in [-0.2, -0.15) is 0 Å². The molecule has 2 aromatic carbocycles. The predicted octanol–water partition coefficient (Wildman–Crippen LogP) is 3.13. The van der Waals surface area contributed by atoms with Gasteiger partial charge in [0.05, 0.1) is 12.6 Å². The van der Waals surface area contributed by atoms with Gasteiger partial charge < -0.3 is 4.90 Å². The van der Waals surface area contributed by atoms with Crippen molar-refractivity contribution in [1.82, 2.24) is 14.0 Å². The van der Waals surface area contributed by atoms with Crippen LogP contribution in [0.15, 0.2) is 76.4 Å². The van der Waals surface area contributed by atoms with E-state index in [9.17, 15) is 14.4 Å². The number of benzene rings is 2. The first kappa shape index (κ1) is 20.5. The molecule has 1 heterocycles. The Hall–Kier alpha value is -3.41. The molecule has 6 nitrogen and oxygen atoms in total. The van der Waals surface area contributed by atoms with Crippen LogP contribution >= 0.6 is 0 Å². The standard InChI is InChI=1S/C26H27N3O3/c30-24-15-16-27(17-19-7-2-1-3-8-19)26(32)28(24)18-25(31)29(21-13-14-21)23-12-6-10-20-9-4-5-11-22(20)23/h1-5,7-9,11,15-16,21,23H,6,10,12-14,17-18H2. The number of hydrogen-bond donors (Lipinski definition) is 0. The Morgan fingerprint density at radius 1 is 0.938 bits per heavy atom. The van der Waals surface area contributed by atoms with Crippen LogP contribution in [0.2, 0.25) is 0 Å². The van der Waals surface area contributed by atoms with E-state index in [2.05, 4.69) is 12.1 Å². The summed E-state index contributed by atoms with van der Waals surface area (Å²) in [5.74, 6) is -0.147. The SMILES string of the molecule is O=C(Cn1c(=O)ccn(Cc2ccccc2)c1=O)N(C1CC1)C1CCCc2ccccc21. The third kappa shape index (κ3) is 4.05. The fraction of sp³-hybridized carbons (Fsp3) is 0.346. The Morgan fingerprint density at radius 2 is 1.69 bits per heavy atom. The number of carbonyl (C=O) groups is 1. The van der Waals surface area contributed by atoms with E-state index in [0.29, 0.717) is 6.54 Å². The molecule has 0 aliphatic heterocycles. The van der Waals surface area contributed by atoms with Crippen molar-refractivity contribution in [3.63, 3.8) is 0 Å². The van der Waals surface area contributed by atoms with Gasteiger partial charge >= 0.3 is 5.69 Å².